The van der Waals surface area contributed by atoms with Crippen LogP contribution in [-0.4, -0.2) is 42.1 Å². The van der Waals surface area contributed by atoms with E-state index in [9.17, 15) is 19.5 Å². The molecule has 2 saturated carbocycles. The van der Waals surface area contributed by atoms with Gasteiger partial charge in [0.2, 0.25) is 0 Å². The van der Waals surface area contributed by atoms with Gasteiger partial charge >= 0.3 is 11.9 Å². The second-order valence-electron chi connectivity index (χ2n) is 7.91. The maximum atomic E-state index is 12.4. The van der Waals surface area contributed by atoms with Gasteiger partial charge in [0.05, 0.1) is 18.1 Å². The van der Waals surface area contributed by atoms with Gasteiger partial charge in [0.15, 0.2) is 0 Å². The number of carbonyl (C=O) groups is 3. The van der Waals surface area contributed by atoms with Crippen molar-refractivity contribution < 1.29 is 29.0 Å². The molecule has 6 atom stereocenters. The number of hydrogen-bond acceptors (Lipinski definition) is 6. The maximum absolute atomic E-state index is 12.4. The molecule has 26 heavy (non-hydrogen) atoms. The second-order valence-corrected chi connectivity index (χ2v) is 7.91. The Hall–Kier alpha value is -1.95. The van der Waals surface area contributed by atoms with Crippen molar-refractivity contribution in [2.75, 3.05) is 6.61 Å². The first kappa shape index (κ1) is 18.8. The number of aliphatic hydroxyl groups excluding tert-OH is 1. The molecular formula is C20H26O6. The Morgan fingerprint density at radius 2 is 2.23 bits per heavy atom. The lowest BCUT2D eigenvalue weighted by Crippen LogP contribution is -2.56. The molecule has 1 aliphatic heterocycles. The molecular weight excluding hydrogens is 336 g/mol. The fourth-order valence-corrected chi connectivity index (χ4v) is 5.16. The summed E-state index contributed by atoms with van der Waals surface area (Å²) in [5.74, 6) is -1.76. The maximum Gasteiger partial charge on any atom is 0.336 e. The number of hydrogen-bond donors (Lipinski definition) is 1. The molecule has 1 saturated heterocycles. The highest BCUT2D eigenvalue weighted by atomic mass is 16.6. The van der Waals surface area contributed by atoms with E-state index < -0.39 is 36.7 Å². The topological polar surface area (TPSA) is 89.9 Å². The smallest absolute Gasteiger partial charge is 0.336 e. The lowest BCUT2D eigenvalue weighted by molar-refractivity contribution is -0.175. The molecule has 1 heterocycles. The van der Waals surface area contributed by atoms with Gasteiger partial charge in [0.1, 0.15) is 18.5 Å². The molecule has 0 bridgehead atoms. The number of allylic oxidation sites excluding steroid dienone is 1. The normalized spacial score (nSPS) is 39.7. The lowest BCUT2D eigenvalue weighted by Gasteiger charge is -2.53. The molecule has 0 aromatic heterocycles. The summed E-state index contributed by atoms with van der Waals surface area (Å²) in [6, 6.07) is 0. The highest BCUT2D eigenvalue weighted by Gasteiger charge is 2.61. The van der Waals surface area contributed by atoms with Crippen molar-refractivity contribution in [2.24, 2.45) is 23.2 Å². The van der Waals surface area contributed by atoms with Crippen LogP contribution < -0.4 is 0 Å². The third-order valence-electron chi connectivity index (χ3n) is 6.45. The first-order chi connectivity index (χ1) is 12.4. The number of fused-ring (bicyclic) bond motifs is 3. The average molecular weight is 362 g/mol. The molecule has 2 aliphatic carbocycles. The largest absolute Gasteiger partial charge is 0.458 e. The predicted octanol–water partition coefficient (Wildman–Crippen LogP) is 1.96. The molecule has 142 valence electrons. The monoisotopic (exact) mass is 362 g/mol. The Morgan fingerprint density at radius 3 is 2.85 bits per heavy atom. The van der Waals surface area contributed by atoms with Crippen LogP contribution in [0.2, 0.25) is 0 Å². The molecule has 0 amide bonds. The number of aldehydes is 1. The summed E-state index contributed by atoms with van der Waals surface area (Å²) in [6.45, 7) is 7.19. The molecule has 6 nitrogen and oxygen atoms in total. The van der Waals surface area contributed by atoms with E-state index in [4.69, 9.17) is 9.47 Å². The number of esters is 2. The van der Waals surface area contributed by atoms with E-state index in [1.165, 1.54) is 6.08 Å². The molecule has 3 fully saturated rings. The minimum absolute atomic E-state index is 0.0871. The summed E-state index contributed by atoms with van der Waals surface area (Å²) >= 11 is 0. The molecule has 3 aliphatic rings. The molecule has 1 unspecified atom stereocenters. The van der Waals surface area contributed by atoms with Gasteiger partial charge in [-0.1, -0.05) is 26.0 Å². The van der Waals surface area contributed by atoms with Crippen LogP contribution in [-0.2, 0) is 23.9 Å². The quantitative estimate of drug-likeness (QED) is 0.467. The van der Waals surface area contributed by atoms with Crippen molar-refractivity contribution in [1.29, 1.82) is 0 Å². The Bertz CT molecular complexity index is 665. The summed E-state index contributed by atoms with van der Waals surface area (Å²) in [5, 5.41) is 9.31. The summed E-state index contributed by atoms with van der Waals surface area (Å²) in [5.41, 5.74) is 0.228. The van der Waals surface area contributed by atoms with E-state index >= 15 is 0 Å². The molecule has 0 radical (unpaired) electrons. The van der Waals surface area contributed by atoms with Crippen molar-refractivity contribution in [3.63, 3.8) is 0 Å². The lowest BCUT2D eigenvalue weighted by atomic mass is 9.53. The number of carbonyl (C=O) groups excluding carboxylic acids is 3. The zero-order chi connectivity index (χ0) is 19.1. The summed E-state index contributed by atoms with van der Waals surface area (Å²) in [4.78, 5) is 36.2. The van der Waals surface area contributed by atoms with Gasteiger partial charge < -0.3 is 19.4 Å². The third-order valence-corrected chi connectivity index (χ3v) is 6.45. The first-order valence-electron chi connectivity index (χ1n) is 9.18. The predicted molar refractivity (Wildman–Crippen MR) is 92.9 cm³/mol. The van der Waals surface area contributed by atoms with Crippen molar-refractivity contribution >= 4 is 18.2 Å². The fraction of sp³-hybridized carbons (Fsp3) is 0.650. The minimum atomic E-state index is -0.587. The van der Waals surface area contributed by atoms with Crippen LogP contribution in [0.5, 0.6) is 0 Å². The summed E-state index contributed by atoms with van der Waals surface area (Å²) in [7, 11) is 0. The van der Waals surface area contributed by atoms with Crippen molar-refractivity contribution in [2.45, 2.75) is 51.7 Å². The van der Waals surface area contributed by atoms with Gasteiger partial charge in [-0.05, 0) is 31.6 Å². The molecule has 3 rings (SSSR count). The SMILES string of the molecule is C=C1C(=O)O[C@@H]2C3[C@H](C=O)CCC[C@]3(C)C[C@H](OC(=O)/C(=C\C)CO)[C@@H]12. The van der Waals surface area contributed by atoms with Crippen LogP contribution in [0.25, 0.3) is 0 Å². The molecule has 6 heteroatoms. The van der Waals surface area contributed by atoms with Gasteiger partial charge in [-0.25, -0.2) is 9.59 Å². The highest BCUT2D eigenvalue weighted by molar-refractivity contribution is 5.92. The van der Waals surface area contributed by atoms with Gasteiger partial charge in [0, 0.05) is 17.4 Å². The van der Waals surface area contributed by atoms with Crippen LogP contribution in [0.3, 0.4) is 0 Å². The second kappa shape index (κ2) is 6.99. The molecule has 0 aromatic carbocycles. The Balaban J connectivity index is 1.94. The molecule has 1 N–H and O–H groups in total. The zero-order valence-electron chi connectivity index (χ0n) is 15.3. The van der Waals surface area contributed by atoms with Gasteiger partial charge in [-0.15, -0.1) is 0 Å². The van der Waals surface area contributed by atoms with Crippen LogP contribution in [0.15, 0.2) is 23.8 Å². The molecule has 0 aromatic rings. The fourth-order valence-electron chi connectivity index (χ4n) is 5.16. The van der Waals surface area contributed by atoms with Gasteiger partial charge in [0.25, 0.3) is 0 Å². The van der Waals surface area contributed by atoms with Crippen LogP contribution in [0.1, 0.15) is 39.5 Å². The number of aliphatic hydroxyl groups is 1. The Kier molecular flexibility index (Phi) is 5.06. The van der Waals surface area contributed by atoms with Gasteiger partial charge in [-0.2, -0.15) is 0 Å². The Morgan fingerprint density at radius 1 is 1.50 bits per heavy atom. The van der Waals surface area contributed by atoms with Crippen LogP contribution >= 0.6 is 0 Å². The van der Waals surface area contributed by atoms with Crippen LogP contribution in [0.4, 0.5) is 0 Å². The number of rotatable bonds is 4. The zero-order valence-corrected chi connectivity index (χ0v) is 15.3. The first-order valence-corrected chi connectivity index (χ1v) is 9.18. The van der Waals surface area contributed by atoms with E-state index in [-0.39, 0.29) is 22.8 Å². The Labute approximate surface area is 153 Å². The third kappa shape index (κ3) is 2.90. The van der Waals surface area contributed by atoms with E-state index in [0.29, 0.717) is 12.0 Å². The van der Waals surface area contributed by atoms with E-state index in [0.717, 1.165) is 25.5 Å². The highest BCUT2D eigenvalue weighted by Crippen LogP contribution is 2.58. The van der Waals surface area contributed by atoms with E-state index in [1.807, 2.05) is 0 Å². The summed E-state index contributed by atoms with van der Waals surface area (Å²) < 4.78 is 11.3. The number of ether oxygens (including phenoxy) is 2. The minimum Gasteiger partial charge on any atom is -0.458 e. The molecule has 0 spiro atoms. The summed E-state index contributed by atoms with van der Waals surface area (Å²) in [6.07, 6.45) is 4.58. The van der Waals surface area contributed by atoms with Crippen LogP contribution in [0, 0.1) is 23.2 Å². The van der Waals surface area contributed by atoms with Crippen molar-refractivity contribution in [3.05, 3.63) is 23.8 Å². The van der Waals surface area contributed by atoms with E-state index in [2.05, 4.69) is 13.5 Å². The van der Waals surface area contributed by atoms with E-state index in [1.54, 1.807) is 6.92 Å². The van der Waals surface area contributed by atoms with Crippen molar-refractivity contribution in [1.82, 2.24) is 0 Å². The van der Waals surface area contributed by atoms with Crippen molar-refractivity contribution in [3.8, 4) is 0 Å². The average Bonchev–Trinajstić information content (AvgIpc) is 2.89. The standard InChI is InChI=1S/C20H26O6/c1-4-12(9-21)19(24)25-14-8-20(3)7-5-6-13(10-22)16(20)17-15(14)11(2)18(23)26-17/h4,10,13-17,21H,2,5-9H2,1,3H3/b12-4-/t13-,14-,15+,16?,17-,20+/m0/s1. The van der Waals surface area contributed by atoms with Gasteiger partial charge in [-0.3, -0.25) is 0 Å².